The predicted octanol–water partition coefficient (Wildman–Crippen LogP) is 3.74. The Balaban J connectivity index is 1.26. The summed E-state index contributed by atoms with van der Waals surface area (Å²) in [5.74, 6) is -0.246. The second-order valence-corrected chi connectivity index (χ2v) is 9.78. The van der Waals surface area contributed by atoms with Crippen LogP contribution >= 0.6 is 22.9 Å². The molecule has 2 fully saturated rings. The zero-order valence-electron chi connectivity index (χ0n) is 17.7. The van der Waals surface area contributed by atoms with Crippen molar-refractivity contribution in [3.63, 3.8) is 0 Å². The Morgan fingerprint density at radius 2 is 1.78 bits per heavy atom. The minimum absolute atomic E-state index is 0.117. The topological polar surface area (TPSA) is 104 Å². The van der Waals surface area contributed by atoms with Gasteiger partial charge in [-0.25, -0.2) is 0 Å². The molecule has 2 aromatic rings. The highest BCUT2D eigenvalue weighted by molar-refractivity contribution is 7.15. The number of nitrogens with zero attached hydrogens (tertiary/aromatic N) is 3. The number of carbonyl (C=O) groups excluding carboxylic acids is 3. The van der Waals surface area contributed by atoms with Crippen molar-refractivity contribution in [2.75, 3.05) is 18.4 Å². The molecular weight excluding hydrogens is 450 g/mol. The van der Waals surface area contributed by atoms with Crippen LogP contribution in [-0.2, 0) is 4.79 Å². The van der Waals surface area contributed by atoms with Crippen molar-refractivity contribution in [1.82, 2.24) is 20.4 Å². The molecule has 8 nitrogen and oxygen atoms in total. The highest BCUT2D eigenvalue weighted by atomic mass is 35.5. The smallest absolute Gasteiger partial charge is 0.286 e. The third-order valence-electron chi connectivity index (χ3n) is 5.98. The van der Waals surface area contributed by atoms with E-state index in [2.05, 4.69) is 20.8 Å². The van der Waals surface area contributed by atoms with Gasteiger partial charge in [0.05, 0.1) is 0 Å². The monoisotopic (exact) mass is 475 g/mol. The summed E-state index contributed by atoms with van der Waals surface area (Å²) in [6, 6.07) is 7.13. The van der Waals surface area contributed by atoms with Gasteiger partial charge in [-0.1, -0.05) is 41.8 Å². The number of hydrogen-bond donors (Lipinski definition) is 2. The average molecular weight is 476 g/mol. The van der Waals surface area contributed by atoms with Gasteiger partial charge in [0.2, 0.25) is 15.9 Å². The van der Waals surface area contributed by atoms with E-state index in [9.17, 15) is 14.4 Å². The Bertz CT molecular complexity index is 983. The molecule has 1 aliphatic carbocycles. The van der Waals surface area contributed by atoms with Gasteiger partial charge in [0.25, 0.3) is 11.8 Å². The number of anilines is 1. The van der Waals surface area contributed by atoms with Crippen molar-refractivity contribution < 1.29 is 14.4 Å². The highest BCUT2D eigenvalue weighted by Gasteiger charge is 2.28. The normalized spacial score (nSPS) is 17.3. The van der Waals surface area contributed by atoms with Gasteiger partial charge in [0.1, 0.15) is 0 Å². The molecule has 1 saturated carbocycles. The fraction of sp³-hybridized carbons (Fsp3) is 0.500. The van der Waals surface area contributed by atoms with Gasteiger partial charge >= 0.3 is 0 Å². The minimum Gasteiger partial charge on any atom is -0.353 e. The van der Waals surface area contributed by atoms with Crippen LogP contribution in [-0.4, -0.2) is 52.0 Å². The molecule has 0 spiro atoms. The van der Waals surface area contributed by atoms with Crippen molar-refractivity contribution in [3.05, 3.63) is 39.3 Å². The minimum atomic E-state index is -0.434. The van der Waals surface area contributed by atoms with Crippen LogP contribution in [0.3, 0.4) is 0 Å². The SMILES string of the molecule is O=C(CC1CCN(C(=O)c2nnc(C(=O)Nc3cccc(Cl)c3)s2)CC1)NC1CCCC1. The van der Waals surface area contributed by atoms with Crippen LogP contribution < -0.4 is 10.6 Å². The second kappa shape index (κ2) is 10.4. The van der Waals surface area contributed by atoms with E-state index in [-0.39, 0.29) is 27.7 Å². The van der Waals surface area contributed by atoms with E-state index < -0.39 is 5.91 Å². The summed E-state index contributed by atoms with van der Waals surface area (Å²) in [6.07, 6.45) is 6.64. The Hall–Kier alpha value is -2.52. The van der Waals surface area contributed by atoms with Crippen LogP contribution in [0.15, 0.2) is 24.3 Å². The van der Waals surface area contributed by atoms with Crippen molar-refractivity contribution in [1.29, 1.82) is 0 Å². The molecule has 170 valence electrons. The molecule has 1 aliphatic heterocycles. The van der Waals surface area contributed by atoms with Gasteiger partial charge < -0.3 is 15.5 Å². The molecule has 0 atom stereocenters. The van der Waals surface area contributed by atoms with Crippen molar-refractivity contribution in [2.24, 2.45) is 5.92 Å². The van der Waals surface area contributed by atoms with Crippen LogP contribution in [0.25, 0.3) is 0 Å². The Morgan fingerprint density at radius 1 is 1.06 bits per heavy atom. The highest BCUT2D eigenvalue weighted by Crippen LogP contribution is 2.24. The maximum Gasteiger partial charge on any atom is 0.286 e. The van der Waals surface area contributed by atoms with Crippen LogP contribution in [0.2, 0.25) is 5.02 Å². The second-order valence-electron chi connectivity index (χ2n) is 8.37. The van der Waals surface area contributed by atoms with Gasteiger partial charge in [0.15, 0.2) is 0 Å². The van der Waals surface area contributed by atoms with Gasteiger partial charge in [-0.05, 0) is 49.8 Å². The fourth-order valence-corrected chi connectivity index (χ4v) is 5.14. The summed E-state index contributed by atoms with van der Waals surface area (Å²) < 4.78 is 0. The van der Waals surface area contributed by atoms with Crippen molar-refractivity contribution >= 4 is 46.3 Å². The number of halogens is 1. The van der Waals surface area contributed by atoms with E-state index in [0.29, 0.717) is 36.3 Å². The number of aromatic nitrogens is 2. The lowest BCUT2D eigenvalue weighted by Gasteiger charge is -2.31. The molecule has 1 aromatic carbocycles. The van der Waals surface area contributed by atoms with E-state index in [1.165, 1.54) is 12.8 Å². The number of rotatable bonds is 6. The number of hydrogen-bond acceptors (Lipinski definition) is 6. The number of likely N-dealkylation sites (tertiary alicyclic amines) is 1. The summed E-state index contributed by atoms with van der Waals surface area (Å²) in [4.78, 5) is 39.2. The van der Waals surface area contributed by atoms with Crippen LogP contribution in [0.5, 0.6) is 0 Å². The number of nitrogens with one attached hydrogen (secondary N) is 2. The molecule has 1 saturated heterocycles. The summed E-state index contributed by atoms with van der Waals surface area (Å²) in [5.41, 5.74) is 0.546. The first-order chi connectivity index (χ1) is 15.5. The summed E-state index contributed by atoms with van der Waals surface area (Å²) in [7, 11) is 0. The molecule has 2 aliphatic rings. The van der Waals surface area contributed by atoms with Crippen LogP contribution in [0, 0.1) is 5.92 Å². The number of amides is 3. The van der Waals surface area contributed by atoms with Crippen molar-refractivity contribution in [2.45, 2.75) is 51.0 Å². The lowest BCUT2D eigenvalue weighted by Crippen LogP contribution is -2.40. The lowest BCUT2D eigenvalue weighted by atomic mass is 9.93. The number of carbonyl (C=O) groups is 3. The van der Waals surface area contributed by atoms with Gasteiger partial charge in [-0.15, -0.1) is 10.2 Å². The first-order valence-corrected chi connectivity index (χ1v) is 12.2. The summed E-state index contributed by atoms with van der Waals surface area (Å²) in [6.45, 7) is 1.15. The zero-order valence-corrected chi connectivity index (χ0v) is 19.3. The fourth-order valence-electron chi connectivity index (χ4n) is 4.25. The molecule has 32 heavy (non-hydrogen) atoms. The maximum atomic E-state index is 12.8. The molecule has 0 radical (unpaired) electrons. The third-order valence-corrected chi connectivity index (χ3v) is 7.13. The zero-order chi connectivity index (χ0) is 22.5. The van der Waals surface area contributed by atoms with E-state index in [4.69, 9.17) is 11.6 Å². The Morgan fingerprint density at radius 3 is 2.50 bits per heavy atom. The first-order valence-electron chi connectivity index (χ1n) is 11.0. The molecule has 2 heterocycles. The number of piperidine rings is 1. The molecule has 0 bridgehead atoms. The van der Waals surface area contributed by atoms with Crippen LogP contribution in [0.1, 0.15) is 64.6 Å². The lowest BCUT2D eigenvalue weighted by molar-refractivity contribution is -0.123. The number of benzene rings is 1. The largest absolute Gasteiger partial charge is 0.353 e. The molecule has 2 N–H and O–H groups in total. The van der Waals surface area contributed by atoms with E-state index in [1.807, 2.05) is 0 Å². The van der Waals surface area contributed by atoms with Gasteiger partial charge in [-0.2, -0.15) is 0 Å². The van der Waals surface area contributed by atoms with Gasteiger partial charge in [-0.3, -0.25) is 14.4 Å². The standard InChI is InChI=1S/C22H26ClN5O3S/c23-15-4-3-7-17(13-15)25-19(30)20-26-27-21(32-20)22(31)28-10-8-14(9-11-28)12-18(29)24-16-5-1-2-6-16/h3-4,7,13-14,16H,1-2,5-6,8-12H2,(H,24,29)(H,25,30). The molecule has 10 heteroatoms. The van der Waals surface area contributed by atoms with E-state index >= 15 is 0 Å². The maximum absolute atomic E-state index is 12.8. The van der Waals surface area contributed by atoms with Crippen molar-refractivity contribution in [3.8, 4) is 0 Å². The summed E-state index contributed by atoms with van der Waals surface area (Å²) in [5, 5.41) is 14.5. The molecule has 1 aromatic heterocycles. The predicted molar refractivity (Wildman–Crippen MR) is 123 cm³/mol. The average Bonchev–Trinajstić information content (AvgIpc) is 3.46. The quantitative estimate of drug-likeness (QED) is 0.662. The Kier molecular flexibility index (Phi) is 7.36. The summed E-state index contributed by atoms with van der Waals surface area (Å²) >= 11 is 6.91. The van der Waals surface area contributed by atoms with E-state index in [0.717, 1.165) is 37.0 Å². The van der Waals surface area contributed by atoms with Gasteiger partial charge in [0, 0.05) is 36.3 Å². The van der Waals surface area contributed by atoms with Crippen LogP contribution in [0.4, 0.5) is 5.69 Å². The Labute approximate surface area is 195 Å². The molecule has 0 unspecified atom stereocenters. The van der Waals surface area contributed by atoms with E-state index in [1.54, 1.807) is 29.2 Å². The molecular formula is C22H26ClN5O3S. The molecule has 3 amide bonds. The first kappa shape index (κ1) is 22.7. The molecule has 4 rings (SSSR count). The third kappa shape index (κ3) is 5.83.